The van der Waals surface area contributed by atoms with E-state index < -0.39 is 10.0 Å². The van der Waals surface area contributed by atoms with Crippen LogP contribution in [0, 0.1) is 5.41 Å². The quantitative estimate of drug-likeness (QED) is 0.816. The maximum Gasteiger partial charge on any atom is 0.238 e. The van der Waals surface area contributed by atoms with E-state index >= 15 is 0 Å². The largest absolute Gasteiger partial charge is 0.491 e. The second-order valence-electron chi connectivity index (χ2n) is 5.42. The fraction of sp³-hybridized carbons (Fsp3) is 0.500. The molecule has 0 fully saturated rings. The standard InChI is InChI=1S/C12H17Br2NO3S/c1-12(2,3)4-5-18-11-9(13)6-8(7-10(11)14)19(15,16)17/h6-7H,4-5H2,1-3H3,(H2,15,16,17). The molecular weight excluding hydrogens is 398 g/mol. The fourth-order valence-electron chi connectivity index (χ4n) is 1.30. The maximum absolute atomic E-state index is 11.3. The van der Waals surface area contributed by atoms with Crippen molar-refractivity contribution in [1.29, 1.82) is 0 Å². The van der Waals surface area contributed by atoms with Gasteiger partial charge >= 0.3 is 0 Å². The first kappa shape index (κ1) is 16.9. The lowest BCUT2D eigenvalue weighted by Gasteiger charge is -2.19. The highest BCUT2D eigenvalue weighted by molar-refractivity contribution is 9.11. The minimum absolute atomic E-state index is 0.0365. The van der Waals surface area contributed by atoms with Crippen molar-refractivity contribution in [3.8, 4) is 5.75 Å². The first-order valence-electron chi connectivity index (χ1n) is 5.65. The van der Waals surface area contributed by atoms with Gasteiger partial charge in [0.05, 0.1) is 20.4 Å². The third-order valence-electron chi connectivity index (χ3n) is 2.40. The Morgan fingerprint density at radius 1 is 1.21 bits per heavy atom. The average Bonchev–Trinajstić information content (AvgIpc) is 2.18. The summed E-state index contributed by atoms with van der Waals surface area (Å²) < 4.78 is 29.4. The summed E-state index contributed by atoms with van der Waals surface area (Å²) in [6.07, 6.45) is 0.892. The molecule has 0 amide bonds. The molecule has 7 heteroatoms. The van der Waals surface area contributed by atoms with Gasteiger partial charge in [-0.2, -0.15) is 0 Å². The van der Waals surface area contributed by atoms with Crippen LogP contribution in [-0.2, 0) is 10.0 Å². The van der Waals surface area contributed by atoms with Gasteiger partial charge in [-0.3, -0.25) is 0 Å². The van der Waals surface area contributed by atoms with Gasteiger partial charge in [-0.15, -0.1) is 0 Å². The van der Waals surface area contributed by atoms with Crippen molar-refractivity contribution < 1.29 is 13.2 Å². The number of hydrogen-bond acceptors (Lipinski definition) is 3. The second-order valence-corrected chi connectivity index (χ2v) is 8.69. The summed E-state index contributed by atoms with van der Waals surface area (Å²) >= 11 is 6.59. The second kappa shape index (κ2) is 6.11. The van der Waals surface area contributed by atoms with Crippen LogP contribution >= 0.6 is 31.9 Å². The molecule has 0 aliphatic rings. The smallest absolute Gasteiger partial charge is 0.238 e. The lowest BCUT2D eigenvalue weighted by atomic mass is 9.93. The fourth-order valence-corrected chi connectivity index (χ4v) is 3.58. The molecule has 0 saturated heterocycles. The Kier molecular flexibility index (Phi) is 5.45. The number of nitrogens with two attached hydrogens (primary N) is 1. The number of ether oxygens (including phenoxy) is 1. The van der Waals surface area contributed by atoms with Crippen LogP contribution < -0.4 is 9.88 Å². The van der Waals surface area contributed by atoms with Gasteiger partial charge < -0.3 is 4.74 Å². The molecule has 0 bridgehead atoms. The monoisotopic (exact) mass is 413 g/mol. The van der Waals surface area contributed by atoms with Gasteiger partial charge in [-0.1, -0.05) is 20.8 Å². The predicted molar refractivity (Wildman–Crippen MR) is 82.8 cm³/mol. The highest BCUT2D eigenvalue weighted by Gasteiger charge is 2.16. The van der Waals surface area contributed by atoms with E-state index in [9.17, 15) is 8.42 Å². The van der Waals surface area contributed by atoms with E-state index in [0.29, 0.717) is 21.3 Å². The number of hydrogen-bond donors (Lipinski definition) is 1. The summed E-state index contributed by atoms with van der Waals surface area (Å²) in [6, 6.07) is 2.87. The minimum Gasteiger partial charge on any atom is -0.491 e. The maximum atomic E-state index is 11.3. The predicted octanol–water partition coefficient (Wildman–Crippen LogP) is 3.67. The molecule has 1 rings (SSSR count). The van der Waals surface area contributed by atoms with Crippen molar-refractivity contribution >= 4 is 41.9 Å². The molecule has 4 nitrogen and oxygen atoms in total. The zero-order valence-corrected chi connectivity index (χ0v) is 15.0. The zero-order chi connectivity index (χ0) is 14.8. The lowest BCUT2D eigenvalue weighted by molar-refractivity contribution is 0.241. The lowest BCUT2D eigenvalue weighted by Crippen LogP contribution is -2.13. The van der Waals surface area contributed by atoms with Gasteiger partial charge in [0, 0.05) is 0 Å². The molecule has 19 heavy (non-hydrogen) atoms. The van der Waals surface area contributed by atoms with Crippen LogP contribution in [0.1, 0.15) is 27.2 Å². The summed E-state index contributed by atoms with van der Waals surface area (Å²) in [5, 5.41) is 5.09. The zero-order valence-electron chi connectivity index (χ0n) is 11.0. The molecule has 0 aliphatic heterocycles. The van der Waals surface area contributed by atoms with Crippen molar-refractivity contribution in [2.75, 3.05) is 6.61 Å². The highest BCUT2D eigenvalue weighted by atomic mass is 79.9. The van der Waals surface area contributed by atoms with Crippen LogP contribution in [0.25, 0.3) is 0 Å². The van der Waals surface area contributed by atoms with Crippen LogP contribution in [0.3, 0.4) is 0 Å². The summed E-state index contributed by atoms with van der Waals surface area (Å²) in [7, 11) is -3.72. The first-order chi connectivity index (χ1) is 8.50. The van der Waals surface area contributed by atoms with Crippen molar-refractivity contribution in [3.05, 3.63) is 21.1 Å². The molecule has 0 aliphatic carbocycles. The van der Waals surface area contributed by atoms with Gasteiger partial charge in [-0.25, -0.2) is 13.6 Å². The number of benzene rings is 1. The minimum atomic E-state index is -3.72. The van der Waals surface area contributed by atoms with E-state index in [0.717, 1.165) is 6.42 Å². The van der Waals surface area contributed by atoms with Crippen molar-refractivity contribution in [1.82, 2.24) is 0 Å². The molecule has 0 radical (unpaired) electrons. The number of sulfonamides is 1. The SMILES string of the molecule is CC(C)(C)CCOc1c(Br)cc(S(N)(=O)=O)cc1Br. The van der Waals surface area contributed by atoms with Crippen molar-refractivity contribution in [2.24, 2.45) is 10.6 Å². The molecule has 108 valence electrons. The molecular formula is C12H17Br2NO3S. The van der Waals surface area contributed by atoms with Crippen LogP contribution in [0.15, 0.2) is 26.0 Å². The summed E-state index contributed by atoms with van der Waals surface area (Å²) in [5.74, 6) is 0.580. The van der Waals surface area contributed by atoms with Gasteiger partial charge in [0.1, 0.15) is 5.75 Å². The Hall–Kier alpha value is -0.110. The van der Waals surface area contributed by atoms with E-state index in [1.165, 1.54) is 12.1 Å². The Labute approximate surface area is 131 Å². The molecule has 0 spiro atoms. The van der Waals surface area contributed by atoms with E-state index in [2.05, 4.69) is 52.6 Å². The molecule has 2 N–H and O–H groups in total. The van der Waals surface area contributed by atoms with E-state index in [1.54, 1.807) is 0 Å². The Bertz CT molecular complexity index is 542. The third-order valence-corrected chi connectivity index (χ3v) is 4.47. The van der Waals surface area contributed by atoms with Crippen molar-refractivity contribution in [2.45, 2.75) is 32.1 Å². The van der Waals surface area contributed by atoms with E-state index in [-0.39, 0.29) is 10.3 Å². The summed E-state index contributed by atoms with van der Waals surface area (Å²) in [5.41, 5.74) is 0.180. The van der Waals surface area contributed by atoms with Crippen LogP contribution in [0.2, 0.25) is 0 Å². The Balaban J connectivity index is 2.93. The topological polar surface area (TPSA) is 69.4 Å². The van der Waals surface area contributed by atoms with Crippen LogP contribution in [0.4, 0.5) is 0 Å². The van der Waals surface area contributed by atoms with Crippen LogP contribution in [0.5, 0.6) is 5.75 Å². The number of rotatable bonds is 4. The molecule has 0 heterocycles. The van der Waals surface area contributed by atoms with E-state index in [4.69, 9.17) is 9.88 Å². The first-order valence-corrected chi connectivity index (χ1v) is 8.78. The average molecular weight is 415 g/mol. The summed E-state index contributed by atoms with van der Waals surface area (Å²) in [4.78, 5) is 0.0365. The van der Waals surface area contributed by atoms with E-state index in [1.807, 2.05) is 0 Å². The molecule has 1 aromatic carbocycles. The normalized spacial score (nSPS) is 12.5. The molecule has 0 atom stereocenters. The third kappa shape index (κ3) is 5.41. The Morgan fingerprint density at radius 2 is 1.68 bits per heavy atom. The molecule has 0 saturated carbocycles. The molecule has 0 aromatic heterocycles. The highest BCUT2D eigenvalue weighted by Crippen LogP contribution is 2.36. The van der Waals surface area contributed by atoms with Gasteiger partial charge in [0.25, 0.3) is 0 Å². The van der Waals surface area contributed by atoms with Crippen molar-refractivity contribution in [3.63, 3.8) is 0 Å². The summed E-state index contributed by atoms with van der Waals surface area (Å²) in [6.45, 7) is 6.94. The molecule has 0 unspecified atom stereocenters. The Morgan fingerprint density at radius 3 is 2.05 bits per heavy atom. The van der Waals surface area contributed by atoms with Crippen LogP contribution in [-0.4, -0.2) is 15.0 Å². The van der Waals surface area contributed by atoms with Gasteiger partial charge in [-0.05, 0) is 55.8 Å². The number of halogens is 2. The van der Waals surface area contributed by atoms with Gasteiger partial charge in [0.15, 0.2) is 0 Å². The number of primary sulfonamides is 1. The molecule has 1 aromatic rings. The van der Waals surface area contributed by atoms with Gasteiger partial charge in [0.2, 0.25) is 10.0 Å².